The highest BCUT2D eigenvalue weighted by Crippen LogP contribution is 2.63. The third kappa shape index (κ3) is 3.23. The van der Waals surface area contributed by atoms with Crippen LogP contribution in [0.5, 0.6) is 0 Å². The lowest BCUT2D eigenvalue weighted by molar-refractivity contribution is 0.416. The molecular formula is C38H32. The van der Waals surface area contributed by atoms with Gasteiger partial charge < -0.3 is 0 Å². The first kappa shape index (κ1) is 23.0. The first-order valence-electron chi connectivity index (χ1n) is 13.8. The van der Waals surface area contributed by atoms with Gasteiger partial charge in [0.2, 0.25) is 0 Å². The normalized spacial score (nSPS) is 15.9. The average molecular weight is 489 g/mol. The summed E-state index contributed by atoms with van der Waals surface area (Å²) in [5.41, 5.74) is 12.2. The zero-order chi connectivity index (χ0) is 25.7. The van der Waals surface area contributed by atoms with Gasteiger partial charge in [0, 0.05) is 17.3 Å². The molecule has 1 atom stereocenters. The standard InChI is InChI=1S/C38H32/c1-26(2)29-22-13-23-33-32(29)24-25-36(33)38(27-14-5-3-6-15-27,28-16-7-4-8-17-28)37-34-20-11-9-18-30(34)31-19-10-12-21-35(31)37/h3-26,36-37H,1-2H3. The van der Waals surface area contributed by atoms with E-state index in [-0.39, 0.29) is 17.3 Å². The number of hydrogen-bond acceptors (Lipinski definition) is 0. The average Bonchev–Trinajstić information content (AvgIpc) is 3.55. The van der Waals surface area contributed by atoms with Gasteiger partial charge in [-0.3, -0.25) is 0 Å². The van der Waals surface area contributed by atoms with Crippen molar-refractivity contribution in [2.75, 3.05) is 0 Å². The lowest BCUT2D eigenvalue weighted by Gasteiger charge is -2.46. The Morgan fingerprint density at radius 3 is 1.58 bits per heavy atom. The predicted octanol–water partition coefficient (Wildman–Crippen LogP) is 9.72. The molecule has 5 aromatic carbocycles. The number of rotatable bonds is 5. The molecule has 0 amide bonds. The number of fused-ring (bicyclic) bond motifs is 4. The van der Waals surface area contributed by atoms with E-state index >= 15 is 0 Å². The molecular weight excluding hydrogens is 456 g/mol. The van der Waals surface area contributed by atoms with Gasteiger partial charge in [-0.25, -0.2) is 0 Å². The maximum absolute atomic E-state index is 2.50. The smallest absolute Gasteiger partial charge is 0.0415 e. The van der Waals surface area contributed by atoms with Crippen molar-refractivity contribution in [3.8, 4) is 11.1 Å². The van der Waals surface area contributed by atoms with Crippen LogP contribution in [0, 0.1) is 0 Å². The Labute approximate surface area is 226 Å². The van der Waals surface area contributed by atoms with Crippen LogP contribution in [0.4, 0.5) is 0 Å². The lowest BCUT2D eigenvalue weighted by atomic mass is 9.55. The van der Waals surface area contributed by atoms with Gasteiger partial charge >= 0.3 is 0 Å². The summed E-state index contributed by atoms with van der Waals surface area (Å²) in [5.74, 6) is 0.831. The van der Waals surface area contributed by atoms with Crippen LogP contribution < -0.4 is 0 Å². The summed E-state index contributed by atoms with van der Waals surface area (Å²) in [6, 6.07) is 47.7. The van der Waals surface area contributed by atoms with Crippen molar-refractivity contribution < 1.29 is 0 Å². The molecule has 38 heavy (non-hydrogen) atoms. The molecule has 0 radical (unpaired) electrons. The van der Waals surface area contributed by atoms with E-state index in [9.17, 15) is 0 Å². The topological polar surface area (TPSA) is 0 Å². The van der Waals surface area contributed by atoms with Crippen molar-refractivity contribution in [2.45, 2.75) is 37.0 Å². The summed E-state index contributed by atoms with van der Waals surface area (Å²) in [4.78, 5) is 0. The van der Waals surface area contributed by atoms with Crippen LogP contribution in [0.15, 0.2) is 133 Å². The zero-order valence-electron chi connectivity index (χ0n) is 22.0. The second kappa shape index (κ2) is 8.99. The highest BCUT2D eigenvalue weighted by molar-refractivity contribution is 5.82. The van der Waals surface area contributed by atoms with E-state index in [0.29, 0.717) is 5.92 Å². The van der Waals surface area contributed by atoms with Crippen molar-refractivity contribution in [3.05, 3.63) is 172 Å². The fourth-order valence-electron chi connectivity index (χ4n) is 7.37. The largest absolute Gasteiger partial charge is 0.0751 e. The summed E-state index contributed by atoms with van der Waals surface area (Å²) in [6.07, 6.45) is 4.91. The molecule has 0 bridgehead atoms. The molecule has 0 saturated heterocycles. The van der Waals surface area contributed by atoms with Crippen molar-refractivity contribution in [1.29, 1.82) is 0 Å². The molecule has 0 heteroatoms. The van der Waals surface area contributed by atoms with E-state index in [1.54, 1.807) is 0 Å². The molecule has 184 valence electrons. The fourth-order valence-corrected chi connectivity index (χ4v) is 7.37. The Morgan fingerprint density at radius 2 is 1.03 bits per heavy atom. The Balaban J connectivity index is 1.62. The summed E-state index contributed by atoms with van der Waals surface area (Å²) in [5, 5.41) is 0. The van der Waals surface area contributed by atoms with E-state index in [1.807, 2.05) is 0 Å². The predicted molar refractivity (Wildman–Crippen MR) is 160 cm³/mol. The maximum Gasteiger partial charge on any atom is 0.0415 e. The fraction of sp³-hybridized carbons (Fsp3) is 0.158. The van der Waals surface area contributed by atoms with Gasteiger partial charge in [-0.15, -0.1) is 0 Å². The summed E-state index contributed by atoms with van der Waals surface area (Å²) in [6.45, 7) is 4.61. The minimum atomic E-state index is -0.331. The van der Waals surface area contributed by atoms with Crippen LogP contribution >= 0.6 is 0 Å². The molecule has 2 aliphatic rings. The van der Waals surface area contributed by atoms with Gasteiger partial charge in [0.05, 0.1) is 0 Å². The monoisotopic (exact) mass is 488 g/mol. The van der Waals surface area contributed by atoms with Crippen LogP contribution in [0.1, 0.15) is 70.5 Å². The lowest BCUT2D eigenvalue weighted by Crippen LogP contribution is -2.40. The molecule has 0 spiro atoms. The van der Waals surface area contributed by atoms with Crippen LogP contribution in [-0.4, -0.2) is 0 Å². The van der Waals surface area contributed by atoms with E-state index < -0.39 is 0 Å². The summed E-state index contributed by atoms with van der Waals surface area (Å²) >= 11 is 0. The molecule has 0 nitrogen and oxygen atoms in total. The highest BCUT2D eigenvalue weighted by Gasteiger charge is 2.53. The minimum Gasteiger partial charge on any atom is -0.0751 e. The number of benzene rings is 5. The Hall–Kier alpha value is -4.16. The molecule has 0 N–H and O–H groups in total. The second-order valence-electron chi connectivity index (χ2n) is 11.1. The molecule has 0 heterocycles. The molecule has 0 saturated carbocycles. The van der Waals surface area contributed by atoms with Crippen molar-refractivity contribution in [2.24, 2.45) is 0 Å². The molecule has 0 aliphatic heterocycles. The third-order valence-electron chi connectivity index (χ3n) is 8.87. The molecule has 0 fully saturated rings. The van der Waals surface area contributed by atoms with E-state index in [4.69, 9.17) is 0 Å². The summed E-state index contributed by atoms with van der Waals surface area (Å²) < 4.78 is 0. The van der Waals surface area contributed by atoms with Gasteiger partial charge in [0.25, 0.3) is 0 Å². The van der Waals surface area contributed by atoms with Crippen molar-refractivity contribution in [1.82, 2.24) is 0 Å². The SMILES string of the molecule is CC(C)c1cccc2c1C=CC2C(c1ccccc1)(c1ccccc1)C1c2ccccc2-c2ccccc21. The van der Waals surface area contributed by atoms with Crippen LogP contribution in [0.25, 0.3) is 17.2 Å². The maximum atomic E-state index is 2.50. The molecule has 5 aromatic rings. The Bertz CT molecular complexity index is 1550. The molecule has 2 aliphatic carbocycles. The van der Waals surface area contributed by atoms with Gasteiger partial charge in [0.1, 0.15) is 0 Å². The van der Waals surface area contributed by atoms with Crippen LogP contribution in [0.3, 0.4) is 0 Å². The molecule has 0 aromatic heterocycles. The minimum absolute atomic E-state index is 0.169. The zero-order valence-corrected chi connectivity index (χ0v) is 22.0. The van der Waals surface area contributed by atoms with E-state index in [2.05, 4.69) is 153 Å². The summed E-state index contributed by atoms with van der Waals surface area (Å²) in [7, 11) is 0. The van der Waals surface area contributed by atoms with Crippen LogP contribution in [-0.2, 0) is 5.41 Å². The quantitative estimate of drug-likeness (QED) is 0.231. The first-order valence-corrected chi connectivity index (χ1v) is 13.8. The van der Waals surface area contributed by atoms with Crippen LogP contribution in [0.2, 0.25) is 0 Å². The number of hydrogen-bond donors (Lipinski definition) is 0. The van der Waals surface area contributed by atoms with Gasteiger partial charge in [-0.05, 0) is 56.0 Å². The third-order valence-corrected chi connectivity index (χ3v) is 8.87. The van der Waals surface area contributed by atoms with Gasteiger partial charge in [-0.1, -0.05) is 153 Å². The van der Waals surface area contributed by atoms with E-state index in [1.165, 1.54) is 50.1 Å². The van der Waals surface area contributed by atoms with Crippen molar-refractivity contribution >= 4 is 6.08 Å². The van der Waals surface area contributed by atoms with Gasteiger partial charge in [0.15, 0.2) is 0 Å². The molecule has 7 rings (SSSR count). The first-order chi connectivity index (χ1) is 18.7. The second-order valence-corrected chi connectivity index (χ2v) is 11.1. The van der Waals surface area contributed by atoms with Crippen molar-refractivity contribution in [3.63, 3.8) is 0 Å². The highest BCUT2D eigenvalue weighted by atomic mass is 14.5. The Morgan fingerprint density at radius 1 is 0.526 bits per heavy atom. The Kier molecular flexibility index (Phi) is 5.44. The number of allylic oxidation sites excluding steroid dienone is 1. The van der Waals surface area contributed by atoms with Gasteiger partial charge in [-0.2, -0.15) is 0 Å². The van der Waals surface area contributed by atoms with E-state index in [0.717, 1.165) is 0 Å². The molecule has 1 unspecified atom stereocenters.